The van der Waals surface area contributed by atoms with Gasteiger partial charge in [-0.1, -0.05) is 34.9 Å². The molecule has 0 aromatic heterocycles. The second-order valence-corrected chi connectivity index (χ2v) is 9.32. The Labute approximate surface area is 204 Å². The Hall–Kier alpha value is -3.14. The molecule has 0 aliphatic rings. The zero-order valence-electron chi connectivity index (χ0n) is 20.1. The van der Waals surface area contributed by atoms with Gasteiger partial charge >= 0.3 is 5.97 Å². The molecule has 0 heterocycles. The van der Waals surface area contributed by atoms with Crippen LogP contribution in [0.5, 0.6) is 0 Å². The van der Waals surface area contributed by atoms with E-state index in [0.29, 0.717) is 5.75 Å². The van der Waals surface area contributed by atoms with Crippen LogP contribution in [0.4, 0.5) is 17.1 Å². The number of carboxylic acid groups (broad SMARTS) is 1. The van der Waals surface area contributed by atoms with Gasteiger partial charge in [0.2, 0.25) is 0 Å². The Morgan fingerprint density at radius 2 is 1.65 bits per heavy atom. The van der Waals surface area contributed by atoms with Gasteiger partial charge in [0, 0.05) is 17.6 Å². The molecule has 0 aliphatic heterocycles. The van der Waals surface area contributed by atoms with Gasteiger partial charge in [-0.05, 0) is 59.4 Å². The maximum Gasteiger partial charge on any atom is 0.326 e. The first-order valence-corrected chi connectivity index (χ1v) is 12.1. The molecule has 10 heteroatoms. The number of carboxylic acids is 1. The van der Waals surface area contributed by atoms with Crippen molar-refractivity contribution in [3.8, 4) is 0 Å². The smallest absolute Gasteiger partial charge is 0.326 e. The van der Waals surface area contributed by atoms with Gasteiger partial charge in [-0.3, -0.25) is 20.2 Å². The van der Waals surface area contributed by atoms with Gasteiger partial charge < -0.3 is 10.4 Å². The van der Waals surface area contributed by atoms with Gasteiger partial charge in [0.15, 0.2) is 0 Å². The molecule has 1 rings (SSSR count). The molecule has 0 unspecified atom stereocenters. The number of non-ortho nitro benzene ring substituents is 1. The lowest BCUT2D eigenvalue weighted by molar-refractivity contribution is -0.393. The van der Waals surface area contributed by atoms with Crippen molar-refractivity contribution in [1.82, 2.24) is 0 Å². The number of benzene rings is 1. The number of thioether (sulfide) groups is 1. The molecule has 9 nitrogen and oxygen atoms in total. The first-order valence-electron chi connectivity index (χ1n) is 11.0. The third kappa shape index (κ3) is 11.1. The molecule has 0 amide bonds. The fourth-order valence-corrected chi connectivity index (χ4v) is 4.00. The standard InChI is InChI=1S/C24H33N3O6S/c1-17(2)7-5-8-18(3)9-6-10-19(4)13-14-34-16-22(24(28)29)25-21-12-11-20(26(30)31)15-23(21)27(32)33/h7,9,11-13,15,22,25H,5-6,8,10,14,16H2,1-4H3,(H,28,29)/t22-/m0/s1. The van der Waals surface area contributed by atoms with E-state index in [1.807, 2.05) is 6.92 Å². The van der Waals surface area contributed by atoms with E-state index in [-0.39, 0.29) is 11.4 Å². The van der Waals surface area contributed by atoms with Crippen molar-refractivity contribution in [1.29, 1.82) is 0 Å². The van der Waals surface area contributed by atoms with Crippen molar-refractivity contribution < 1.29 is 19.7 Å². The molecule has 0 spiro atoms. The SMILES string of the molecule is CC(C)=CCCC(C)=CCCC(C)=CCSC[C@H](Nc1ccc([N+](=O)[O-])cc1[N+](=O)[O-])C(=O)O. The third-order valence-corrected chi connectivity index (χ3v) is 5.94. The molecular formula is C24H33N3O6S. The summed E-state index contributed by atoms with van der Waals surface area (Å²) in [5.74, 6) is -0.367. The van der Waals surface area contributed by atoms with Crippen LogP contribution in [-0.2, 0) is 4.79 Å². The zero-order valence-corrected chi connectivity index (χ0v) is 20.9. The van der Waals surface area contributed by atoms with E-state index in [1.54, 1.807) is 0 Å². The molecule has 0 radical (unpaired) electrons. The molecule has 1 aromatic rings. The van der Waals surface area contributed by atoms with Crippen molar-refractivity contribution in [3.63, 3.8) is 0 Å². The number of hydrogen-bond acceptors (Lipinski definition) is 7. The number of aliphatic carboxylic acids is 1. The van der Waals surface area contributed by atoms with Crippen LogP contribution in [0.2, 0.25) is 0 Å². The van der Waals surface area contributed by atoms with Gasteiger partial charge in [0.1, 0.15) is 11.7 Å². The number of allylic oxidation sites excluding steroid dienone is 5. The average molecular weight is 492 g/mol. The van der Waals surface area contributed by atoms with Crippen LogP contribution in [0.15, 0.2) is 53.1 Å². The summed E-state index contributed by atoms with van der Waals surface area (Å²) < 4.78 is 0. The van der Waals surface area contributed by atoms with Gasteiger partial charge in [-0.25, -0.2) is 4.79 Å². The minimum absolute atomic E-state index is 0.0675. The Morgan fingerprint density at radius 1 is 1.03 bits per heavy atom. The summed E-state index contributed by atoms with van der Waals surface area (Å²) >= 11 is 1.39. The predicted octanol–water partition coefficient (Wildman–Crippen LogP) is 6.52. The molecular weight excluding hydrogens is 458 g/mol. The zero-order chi connectivity index (χ0) is 25.7. The van der Waals surface area contributed by atoms with E-state index < -0.39 is 33.2 Å². The summed E-state index contributed by atoms with van der Waals surface area (Å²) in [5, 5.41) is 34.3. The summed E-state index contributed by atoms with van der Waals surface area (Å²) in [4.78, 5) is 32.2. The fraction of sp³-hybridized carbons (Fsp3) is 0.458. The summed E-state index contributed by atoms with van der Waals surface area (Å²) in [6.45, 7) is 8.38. The number of anilines is 1. The molecule has 0 fully saturated rings. The van der Waals surface area contributed by atoms with Crippen LogP contribution in [-0.4, -0.2) is 38.5 Å². The van der Waals surface area contributed by atoms with Crippen molar-refractivity contribution in [2.24, 2.45) is 0 Å². The number of rotatable bonds is 15. The van der Waals surface area contributed by atoms with Crippen LogP contribution in [0.3, 0.4) is 0 Å². The lowest BCUT2D eigenvalue weighted by atomic mass is 10.1. The number of hydrogen-bond donors (Lipinski definition) is 2. The molecule has 1 aromatic carbocycles. The monoisotopic (exact) mass is 491 g/mol. The minimum atomic E-state index is -1.16. The predicted molar refractivity (Wildman–Crippen MR) is 138 cm³/mol. The van der Waals surface area contributed by atoms with Crippen molar-refractivity contribution in [2.45, 2.75) is 59.4 Å². The number of nitro groups is 2. The largest absolute Gasteiger partial charge is 0.480 e. The van der Waals surface area contributed by atoms with Crippen molar-refractivity contribution >= 4 is 34.8 Å². The molecule has 1 atom stereocenters. The van der Waals surface area contributed by atoms with Crippen LogP contribution in [0.25, 0.3) is 0 Å². The quantitative estimate of drug-likeness (QED) is 0.122. The lowest BCUT2D eigenvalue weighted by Gasteiger charge is -2.15. The normalized spacial score (nSPS) is 12.7. The Kier molecular flexibility index (Phi) is 12.7. The minimum Gasteiger partial charge on any atom is -0.480 e. The van der Waals surface area contributed by atoms with E-state index in [9.17, 15) is 30.1 Å². The van der Waals surface area contributed by atoms with Crippen LogP contribution >= 0.6 is 11.8 Å². The lowest BCUT2D eigenvalue weighted by Crippen LogP contribution is -2.32. The molecule has 0 aliphatic carbocycles. The third-order valence-electron chi connectivity index (χ3n) is 4.97. The summed E-state index contributed by atoms with van der Waals surface area (Å²) in [5.41, 5.74) is 2.88. The molecule has 0 bridgehead atoms. The number of nitro benzene ring substituents is 2. The van der Waals surface area contributed by atoms with E-state index in [4.69, 9.17) is 0 Å². The van der Waals surface area contributed by atoms with E-state index in [2.05, 4.69) is 44.3 Å². The highest BCUT2D eigenvalue weighted by molar-refractivity contribution is 7.99. The first-order chi connectivity index (χ1) is 16.0. The Balaban J connectivity index is 2.59. The molecule has 0 saturated carbocycles. The second-order valence-electron chi connectivity index (χ2n) is 8.25. The highest BCUT2D eigenvalue weighted by Gasteiger charge is 2.24. The van der Waals surface area contributed by atoms with Crippen LogP contribution in [0, 0.1) is 20.2 Å². The summed E-state index contributed by atoms with van der Waals surface area (Å²) in [6.07, 6.45) is 10.5. The second kappa shape index (κ2) is 14.9. The molecule has 186 valence electrons. The van der Waals surface area contributed by atoms with Crippen LogP contribution in [0.1, 0.15) is 53.4 Å². The summed E-state index contributed by atoms with van der Waals surface area (Å²) in [7, 11) is 0. The maximum absolute atomic E-state index is 11.6. The van der Waals surface area contributed by atoms with Gasteiger partial charge in [-0.2, -0.15) is 11.8 Å². The number of nitrogens with one attached hydrogen (secondary N) is 1. The van der Waals surface area contributed by atoms with Crippen molar-refractivity contribution in [3.05, 3.63) is 73.4 Å². The van der Waals surface area contributed by atoms with E-state index in [1.165, 1.54) is 28.5 Å². The molecule has 2 N–H and O–H groups in total. The summed E-state index contributed by atoms with van der Waals surface area (Å²) in [6, 6.07) is 2.00. The topological polar surface area (TPSA) is 136 Å². The van der Waals surface area contributed by atoms with Crippen LogP contribution < -0.4 is 5.32 Å². The molecule has 34 heavy (non-hydrogen) atoms. The van der Waals surface area contributed by atoms with Gasteiger partial charge in [-0.15, -0.1) is 0 Å². The highest BCUT2D eigenvalue weighted by Crippen LogP contribution is 2.29. The van der Waals surface area contributed by atoms with Crippen molar-refractivity contribution in [2.75, 3.05) is 16.8 Å². The number of nitrogens with zero attached hydrogens (tertiary/aromatic N) is 2. The average Bonchev–Trinajstić information content (AvgIpc) is 2.75. The maximum atomic E-state index is 11.6. The Bertz CT molecular complexity index is 967. The highest BCUT2D eigenvalue weighted by atomic mass is 32.2. The first kappa shape index (κ1) is 28.9. The Morgan fingerprint density at radius 3 is 2.21 bits per heavy atom. The fourth-order valence-electron chi connectivity index (χ4n) is 3.00. The van der Waals surface area contributed by atoms with E-state index >= 15 is 0 Å². The van der Waals surface area contributed by atoms with E-state index in [0.717, 1.165) is 43.9 Å². The van der Waals surface area contributed by atoms with Gasteiger partial charge in [0.05, 0.1) is 15.9 Å². The van der Waals surface area contributed by atoms with Gasteiger partial charge in [0.25, 0.3) is 11.4 Å². The number of carbonyl (C=O) groups is 1. The molecule has 0 saturated heterocycles.